The summed E-state index contributed by atoms with van der Waals surface area (Å²) in [6, 6.07) is 28.4. The second-order valence-electron chi connectivity index (χ2n) is 19.4. The molecule has 0 saturated heterocycles. The Morgan fingerprint density at radius 1 is 0.781 bits per heavy atom. The highest BCUT2D eigenvalue weighted by Gasteiger charge is 2.74. The molecule has 10 rings (SSSR count). The molecule has 3 fully saturated rings. The van der Waals surface area contributed by atoms with Crippen LogP contribution in [0.3, 0.4) is 0 Å². The number of aliphatic hydroxyl groups excluding tert-OH is 1. The number of benzene rings is 4. The fourth-order valence-corrected chi connectivity index (χ4v) is 13.1. The van der Waals surface area contributed by atoms with Gasteiger partial charge in [0.1, 0.15) is 5.75 Å². The highest BCUT2D eigenvalue weighted by Crippen LogP contribution is 2.78. The Morgan fingerprint density at radius 2 is 1.44 bits per heavy atom. The van der Waals surface area contributed by atoms with Crippen LogP contribution in [0, 0.1) is 33.5 Å². The number of ether oxygens (including phenoxy) is 3. The van der Waals surface area contributed by atoms with E-state index in [2.05, 4.69) is 36.8 Å². The zero-order chi connectivity index (χ0) is 45.3. The number of hydrogen-bond donors (Lipinski definition) is 2. The van der Waals surface area contributed by atoms with Crippen LogP contribution in [0.5, 0.6) is 17.2 Å². The van der Waals surface area contributed by atoms with Crippen LogP contribution in [-0.4, -0.2) is 65.6 Å². The third-order valence-electron chi connectivity index (χ3n) is 16.4. The number of methoxy groups -OCH3 is 2. The summed E-state index contributed by atoms with van der Waals surface area (Å²) in [6.07, 6.45) is 5.79. The van der Waals surface area contributed by atoms with E-state index < -0.39 is 34.3 Å². The monoisotopic (exact) mass is 875 g/mol. The van der Waals surface area contributed by atoms with Crippen molar-refractivity contribution in [1.29, 1.82) is 0 Å². The molecule has 6 aliphatic rings. The molecule has 3 saturated carbocycles. The van der Waals surface area contributed by atoms with Crippen LogP contribution >= 0.6 is 0 Å². The van der Waals surface area contributed by atoms with Gasteiger partial charge < -0.3 is 29.3 Å². The van der Waals surface area contributed by atoms with Crippen molar-refractivity contribution in [2.45, 2.75) is 89.8 Å². The molecule has 0 aromatic heterocycles. The van der Waals surface area contributed by atoms with Crippen molar-refractivity contribution in [1.82, 2.24) is 4.90 Å². The van der Waals surface area contributed by atoms with Gasteiger partial charge in [0.2, 0.25) is 5.91 Å². The minimum Gasteiger partial charge on any atom is -0.493 e. The van der Waals surface area contributed by atoms with Crippen molar-refractivity contribution in [2.24, 2.45) is 33.5 Å². The first-order valence-electron chi connectivity index (χ1n) is 22.3. The van der Waals surface area contributed by atoms with E-state index in [0.717, 1.165) is 29.5 Å². The maximum Gasteiger partial charge on any atom is 0.573 e. The van der Waals surface area contributed by atoms with E-state index in [1.807, 2.05) is 54.6 Å². The molecule has 1 amide bonds. The van der Waals surface area contributed by atoms with Crippen molar-refractivity contribution in [3.63, 3.8) is 0 Å². The number of halogens is 3. The number of hydrogen-bond acceptors (Lipinski definition) is 7. The Labute approximate surface area is 372 Å². The summed E-state index contributed by atoms with van der Waals surface area (Å²) in [5, 5.41) is 24.6. The molecule has 2 bridgehead atoms. The van der Waals surface area contributed by atoms with Gasteiger partial charge in [-0.2, -0.15) is 0 Å². The topological polar surface area (TPSA) is 106 Å². The largest absolute Gasteiger partial charge is 0.573 e. The normalized spacial score (nSPS) is 31.3. The van der Waals surface area contributed by atoms with E-state index in [9.17, 15) is 28.2 Å². The molecule has 0 heterocycles. The predicted octanol–water partition coefficient (Wildman–Crippen LogP) is 10.3. The number of allylic oxidation sites excluding steroid dienone is 4. The standard InChI is InChI=1S/C53H56F3NO7/c1-48-23-20-37(58)30-50(48)26-27-52(41(31-50)47(60)40-13-9-8-12-39(40)36-10-6-5-7-11-36)44(48)21-24-49(2)45(52)22-25-51(49,61)33-57(32-34-14-17-38(18-15-34)64-53(54,55)56)46(59)29-35-16-19-42(62-3)43(28-35)63-4/h5-19,26-28,31,37,44-45,58,61H,20-25,29-30,32-33H2,1-4H3/t37?,44-,45-,48-,49+,50+,51-,52-/m1/s1. The molecule has 11 heteroatoms. The molecular weight excluding hydrogens is 820 g/mol. The molecule has 64 heavy (non-hydrogen) atoms. The van der Waals surface area contributed by atoms with Gasteiger partial charge in [-0.3, -0.25) is 9.59 Å². The molecule has 1 unspecified atom stereocenters. The van der Waals surface area contributed by atoms with Crippen LogP contribution in [0.15, 0.2) is 121 Å². The van der Waals surface area contributed by atoms with E-state index in [0.29, 0.717) is 60.3 Å². The van der Waals surface area contributed by atoms with Crippen LogP contribution in [0.2, 0.25) is 0 Å². The lowest BCUT2D eigenvalue weighted by atomic mass is 9.32. The second-order valence-corrected chi connectivity index (χ2v) is 19.4. The number of alkyl halides is 3. The fraction of sp³-hybridized carbons (Fsp3) is 0.434. The number of nitrogens with zero attached hydrogens (tertiary/aromatic N) is 1. The van der Waals surface area contributed by atoms with Crippen molar-refractivity contribution in [2.75, 3.05) is 20.8 Å². The number of rotatable bonds is 12. The molecule has 0 aliphatic heterocycles. The molecule has 336 valence electrons. The van der Waals surface area contributed by atoms with E-state index in [1.54, 1.807) is 23.1 Å². The molecule has 2 spiro atoms. The molecule has 4 aromatic rings. The van der Waals surface area contributed by atoms with Gasteiger partial charge in [-0.1, -0.05) is 105 Å². The lowest BCUT2D eigenvalue weighted by Gasteiger charge is -2.71. The third-order valence-corrected chi connectivity index (χ3v) is 16.4. The average Bonchev–Trinajstić information content (AvgIpc) is 3.55. The van der Waals surface area contributed by atoms with Gasteiger partial charge in [0.15, 0.2) is 17.3 Å². The van der Waals surface area contributed by atoms with Crippen LogP contribution in [0.1, 0.15) is 80.3 Å². The molecule has 4 aromatic carbocycles. The zero-order valence-corrected chi connectivity index (χ0v) is 36.8. The Hall–Kier alpha value is -5.39. The van der Waals surface area contributed by atoms with Gasteiger partial charge in [-0.05, 0) is 109 Å². The molecule has 0 radical (unpaired) electrons. The number of carbonyl (C=O) groups excluding carboxylic acids is 2. The molecule has 8 nitrogen and oxygen atoms in total. The molecule has 8 atom stereocenters. The summed E-state index contributed by atoms with van der Waals surface area (Å²) in [7, 11) is 3.05. The highest BCUT2D eigenvalue weighted by atomic mass is 19.4. The van der Waals surface area contributed by atoms with Gasteiger partial charge in [-0.15, -0.1) is 13.2 Å². The first-order chi connectivity index (χ1) is 30.5. The van der Waals surface area contributed by atoms with E-state index in [1.165, 1.54) is 38.5 Å². The summed E-state index contributed by atoms with van der Waals surface area (Å²) in [6.45, 7) is 4.47. The minimum atomic E-state index is -4.85. The third kappa shape index (κ3) is 7.05. The van der Waals surface area contributed by atoms with E-state index in [4.69, 9.17) is 9.47 Å². The van der Waals surface area contributed by atoms with Gasteiger partial charge in [0.25, 0.3) is 0 Å². The zero-order valence-electron chi connectivity index (χ0n) is 36.8. The van der Waals surface area contributed by atoms with E-state index >= 15 is 4.79 Å². The summed E-state index contributed by atoms with van der Waals surface area (Å²) >= 11 is 0. The van der Waals surface area contributed by atoms with Crippen molar-refractivity contribution in [3.8, 4) is 28.4 Å². The van der Waals surface area contributed by atoms with Crippen LogP contribution in [-0.2, 0) is 17.8 Å². The maximum absolute atomic E-state index is 15.6. The van der Waals surface area contributed by atoms with Crippen LogP contribution in [0.25, 0.3) is 11.1 Å². The molecular formula is C53H56F3NO7. The number of amides is 1. The minimum absolute atomic E-state index is 0.0258. The Balaban J connectivity index is 1.10. The van der Waals surface area contributed by atoms with Gasteiger partial charge in [0, 0.05) is 33.9 Å². The van der Waals surface area contributed by atoms with Crippen molar-refractivity contribution < 1.29 is 47.2 Å². The fourth-order valence-electron chi connectivity index (χ4n) is 13.1. The predicted molar refractivity (Wildman–Crippen MR) is 237 cm³/mol. The Morgan fingerprint density at radius 3 is 2.16 bits per heavy atom. The highest BCUT2D eigenvalue weighted by molar-refractivity contribution is 6.14. The number of fused-ring (bicyclic) bond motifs is 1. The number of carbonyl (C=O) groups is 2. The summed E-state index contributed by atoms with van der Waals surface area (Å²) in [5.74, 6) is 0.160. The smallest absolute Gasteiger partial charge is 0.493 e. The number of ketones is 1. The number of aliphatic hydroxyl groups is 2. The summed E-state index contributed by atoms with van der Waals surface area (Å²) in [4.78, 5) is 31.9. The van der Waals surface area contributed by atoms with Crippen LogP contribution in [0.4, 0.5) is 13.2 Å². The van der Waals surface area contributed by atoms with Gasteiger partial charge in [0.05, 0.1) is 38.9 Å². The first-order valence-corrected chi connectivity index (χ1v) is 22.3. The SMILES string of the molecule is COc1ccc(CC(=O)N(Cc2ccc(OC(F)(F)F)cc2)C[C@]2(O)CC[C@H]3[C@]45C=C[C@@]6(C=C4C(=O)c4ccccc4-c4ccccc4)CC(O)CC[C@]6(C)[C@H]5CC[C@@]32C)cc1OC. The second kappa shape index (κ2) is 15.9. The Kier molecular flexibility index (Phi) is 10.9. The molecule has 2 N–H and O–H groups in total. The maximum atomic E-state index is 15.6. The van der Waals surface area contributed by atoms with E-state index in [-0.39, 0.29) is 54.2 Å². The van der Waals surface area contributed by atoms with Crippen LogP contribution < -0.4 is 14.2 Å². The quantitative estimate of drug-likeness (QED) is 0.108. The van der Waals surface area contributed by atoms with Crippen molar-refractivity contribution in [3.05, 3.63) is 138 Å². The summed E-state index contributed by atoms with van der Waals surface area (Å²) < 4.78 is 54.3. The lowest BCUT2D eigenvalue weighted by Crippen LogP contribution is -2.67. The van der Waals surface area contributed by atoms with Crippen molar-refractivity contribution >= 4 is 11.7 Å². The Bertz CT molecular complexity index is 2500. The molecule has 6 aliphatic carbocycles. The summed E-state index contributed by atoms with van der Waals surface area (Å²) in [5.41, 5.74) is 0.716. The van der Waals surface area contributed by atoms with Gasteiger partial charge in [-0.25, -0.2) is 0 Å². The first kappa shape index (κ1) is 43.8. The number of Topliss-reactive ketones (excluding diaryl/α,β-unsaturated/α-hetero) is 1. The van der Waals surface area contributed by atoms with Gasteiger partial charge >= 0.3 is 6.36 Å². The average molecular weight is 876 g/mol. The lowest BCUT2D eigenvalue weighted by molar-refractivity contribution is -0.274.